The monoisotopic (exact) mass is 253 g/mol. The summed E-state index contributed by atoms with van der Waals surface area (Å²) < 4.78 is 31.8. The van der Waals surface area contributed by atoms with Crippen molar-refractivity contribution >= 4 is 10.0 Å². The van der Waals surface area contributed by atoms with E-state index in [0.717, 1.165) is 12.0 Å². The van der Waals surface area contributed by atoms with Gasteiger partial charge in [0, 0.05) is 6.54 Å². The summed E-state index contributed by atoms with van der Waals surface area (Å²) in [6.45, 7) is 2.98. The summed E-state index contributed by atoms with van der Waals surface area (Å²) in [7, 11) is -3.33. The lowest BCUT2D eigenvalue weighted by molar-refractivity contribution is 0.0608. The van der Waals surface area contributed by atoms with Crippen LogP contribution in [0, 0.1) is 6.92 Å². The molecule has 0 saturated carbocycles. The molecule has 1 aromatic carbocycles. The molecule has 2 aliphatic rings. The van der Waals surface area contributed by atoms with Gasteiger partial charge in [-0.3, -0.25) is 0 Å². The van der Waals surface area contributed by atoms with Gasteiger partial charge >= 0.3 is 0 Å². The highest BCUT2D eigenvalue weighted by molar-refractivity contribution is 7.89. The summed E-state index contributed by atoms with van der Waals surface area (Å²) in [5.74, 6) is 0. The van der Waals surface area contributed by atoms with Crippen LogP contribution >= 0.6 is 0 Å². The average molecular weight is 253 g/mol. The normalized spacial score (nSPS) is 28.8. The number of hydrogen-bond donors (Lipinski definition) is 0. The van der Waals surface area contributed by atoms with Crippen LogP contribution in [-0.4, -0.2) is 38.0 Å². The van der Waals surface area contributed by atoms with Crippen LogP contribution in [0.15, 0.2) is 29.2 Å². The maximum atomic E-state index is 12.4. The molecule has 2 heterocycles. The van der Waals surface area contributed by atoms with Gasteiger partial charge in [0.1, 0.15) is 0 Å². The number of hydrogen-bond acceptors (Lipinski definition) is 3. The Morgan fingerprint density at radius 1 is 1.29 bits per heavy atom. The lowest BCUT2D eigenvalue weighted by atomic mass is 10.2. The lowest BCUT2D eigenvalue weighted by Gasteiger charge is -2.26. The molecule has 2 bridgehead atoms. The number of nitrogens with zero attached hydrogens (tertiary/aromatic N) is 1. The van der Waals surface area contributed by atoms with E-state index in [9.17, 15) is 8.42 Å². The number of morpholine rings is 1. The third-order valence-corrected chi connectivity index (χ3v) is 5.41. The molecule has 1 aromatic rings. The second kappa shape index (κ2) is 3.80. The van der Waals surface area contributed by atoms with Crippen molar-refractivity contribution in [3.8, 4) is 0 Å². The summed E-state index contributed by atoms with van der Waals surface area (Å²) in [5.41, 5.74) is 1.07. The number of fused-ring (bicyclic) bond motifs is 2. The van der Waals surface area contributed by atoms with Crippen LogP contribution < -0.4 is 0 Å². The Bertz CT molecular complexity index is 523. The second-order valence-corrected chi connectivity index (χ2v) is 6.62. The third kappa shape index (κ3) is 1.78. The fraction of sp³-hybridized carbons (Fsp3) is 0.500. The van der Waals surface area contributed by atoms with Gasteiger partial charge in [-0.05, 0) is 25.5 Å². The fourth-order valence-corrected chi connectivity index (χ4v) is 4.16. The molecule has 5 heteroatoms. The van der Waals surface area contributed by atoms with Gasteiger partial charge in [0.05, 0.1) is 23.6 Å². The van der Waals surface area contributed by atoms with Crippen LogP contribution in [-0.2, 0) is 14.8 Å². The van der Waals surface area contributed by atoms with Crippen LogP contribution in [0.1, 0.15) is 12.0 Å². The molecule has 0 spiro atoms. The molecule has 17 heavy (non-hydrogen) atoms. The molecule has 0 aliphatic carbocycles. The van der Waals surface area contributed by atoms with Crippen molar-refractivity contribution in [3.63, 3.8) is 0 Å². The molecule has 0 aromatic heterocycles. The zero-order valence-electron chi connectivity index (χ0n) is 9.67. The maximum absolute atomic E-state index is 12.4. The Labute approximate surface area is 101 Å². The quantitative estimate of drug-likeness (QED) is 0.794. The number of ether oxygens (including phenoxy) is 1. The second-order valence-electron chi connectivity index (χ2n) is 4.73. The van der Waals surface area contributed by atoms with E-state index in [0.29, 0.717) is 18.0 Å². The summed E-state index contributed by atoms with van der Waals surface area (Å²) in [4.78, 5) is 0.385. The molecule has 2 atom stereocenters. The van der Waals surface area contributed by atoms with Crippen LogP contribution in [0.3, 0.4) is 0 Å². The fourth-order valence-electron chi connectivity index (χ4n) is 2.50. The number of aryl methyl sites for hydroxylation is 1. The highest BCUT2D eigenvalue weighted by Crippen LogP contribution is 2.32. The zero-order chi connectivity index (χ0) is 12.0. The Morgan fingerprint density at radius 3 is 2.53 bits per heavy atom. The van der Waals surface area contributed by atoms with Gasteiger partial charge in [-0.25, -0.2) is 8.42 Å². The molecule has 0 amide bonds. The van der Waals surface area contributed by atoms with Gasteiger partial charge in [-0.15, -0.1) is 0 Å². The highest BCUT2D eigenvalue weighted by atomic mass is 32.2. The summed E-state index contributed by atoms with van der Waals surface area (Å²) in [5, 5.41) is 0. The van der Waals surface area contributed by atoms with Gasteiger partial charge in [0.15, 0.2) is 0 Å². The Hall–Kier alpha value is -0.910. The van der Waals surface area contributed by atoms with Crippen molar-refractivity contribution < 1.29 is 13.2 Å². The summed E-state index contributed by atoms with van der Waals surface area (Å²) >= 11 is 0. The van der Waals surface area contributed by atoms with Gasteiger partial charge in [-0.2, -0.15) is 4.31 Å². The minimum Gasteiger partial charge on any atom is -0.375 e. The predicted molar refractivity (Wildman–Crippen MR) is 63.2 cm³/mol. The maximum Gasteiger partial charge on any atom is 0.243 e. The van der Waals surface area contributed by atoms with E-state index in [1.54, 1.807) is 16.4 Å². The number of rotatable bonds is 2. The molecule has 2 saturated heterocycles. The molecule has 0 radical (unpaired) electrons. The van der Waals surface area contributed by atoms with Crippen molar-refractivity contribution in [2.24, 2.45) is 0 Å². The Morgan fingerprint density at radius 2 is 2.00 bits per heavy atom. The van der Waals surface area contributed by atoms with Gasteiger partial charge in [0.25, 0.3) is 0 Å². The lowest BCUT2D eigenvalue weighted by Crippen LogP contribution is -2.41. The molecule has 0 N–H and O–H groups in total. The first-order valence-corrected chi connectivity index (χ1v) is 7.21. The molecule has 92 valence electrons. The largest absolute Gasteiger partial charge is 0.375 e. The minimum atomic E-state index is -3.33. The summed E-state index contributed by atoms with van der Waals surface area (Å²) in [6.07, 6.45) is 0.936. The van der Waals surface area contributed by atoms with E-state index in [1.807, 2.05) is 19.1 Å². The minimum absolute atomic E-state index is 0.0336. The third-order valence-electron chi connectivity index (χ3n) is 3.48. The van der Waals surface area contributed by atoms with Gasteiger partial charge in [0.2, 0.25) is 10.0 Å². The first kappa shape index (κ1) is 11.2. The Kier molecular flexibility index (Phi) is 2.50. The predicted octanol–water partition coefficient (Wildman–Crippen LogP) is 1.16. The van der Waals surface area contributed by atoms with Crippen LogP contribution in [0.5, 0.6) is 0 Å². The molecule has 3 rings (SSSR count). The van der Waals surface area contributed by atoms with E-state index in [2.05, 4.69) is 0 Å². The van der Waals surface area contributed by atoms with Gasteiger partial charge < -0.3 is 4.74 Å². The first-order valence-electron chi connectivity index (χ1n) is 5.77. The van der Waals surface area contributed by atoms with E-state index < -0.39 is 10.0 Å². The van der Waals surface area contributed by atoms with E-state index >= 15 is 0 Å². The zero-order valence-corrected chi connectivity index (χ0v) is 10.5. The highest BCUT2D eigenvalue weighted by Gasteiger charge is 2.45. The number of sulfonamides is 1. The van der Waals surface area contributed by atoms with Crippen molar-refractivity contribution in [1.82, 2.24) is 4.31 Å². The first-order chi connectivity index (χ1) is 8.07. The molecule has 0 unspecified atom stereocenters. The van der Waals surface area contributed by atoms with E-state index in [1.165, 1.54) is 0 Å². The molecule has 4 nitrogen and oxygen atoms in total. The van der Waals surface area contributed by atoms with Crippen molar-refractivity contribution in [2.45, 2.75) is 30.4 Å². The molecule has 2 fully saturated rings. The van der Waals surface area contributed by atoms with Gasteiger partial charge in [-0.1, -0.05) is 17.7 Å². The van der Waals surface area contributed by atoms with Crippen LogP contribution in [0.4, 0.5) is 0 Å². The SMILES string of the molecule is Cc1ccc(S(=O)(=O)N2C[C@H]3C[C@H]2CO3)cc1. The standard InChI is InChI=1S/C12H15NO3S/c1-9-2-4-12(5-3-9)17(14,15)13-7-11-6-10(13)8-16-11/h2-5,10-11H,6-8H2,1H3/t10-,11+/m0/s1. The van der Waals surface area contributed by atoms with Crippen molar-refractivity contribution in [2.75, 3.05) is 13.2 Å². The van der Waals surface area contributed by atoms with E-state index in [-0.39, 0.29) is 12.1 Å². The number of benzene rings is 1. The topological polar surface area (TPSA) is 46.6 Å². The molecular weight excluding hydrogens is 238 g/mol. The van der Waals surface area contributed by atoms with Crippen LogP contribution in [0.2, 0.25) is 0 Å². The van der Waals surface area contributed by atoms with Crippen molar-refractivity contribution in [3.05, 3.63) is 29.8 Å². The average Bonchev–Trinajstić information content (AvgIpc) is 2.91. The smallest absolute Gasteiger partial charge is 0.243 e. The Balaban J connectivity index is 1.93. The summed E-state index contributed by atoms with van der Waals surface area (Å²) in [6, 6.07) is 7.05. The molecule has 2 aliphatic heterocycles. The van der Waals surface area contributed by atoms with Crippen molar-refractivity contribution in [1.29, 1.82) is 0 Å². The van der Waals surface area contributed by atoms with Crippen LogP contribution in [0.25, 0.3) is 0 Å². The van der Waals surface area contributed by atoms with E-state index in [4.69, 9.17) is 4.74 Å². The molecular formula is C12H15NO3S.